The summed E-state index contributed by atoms with van der Waals surface area (Å²) in [7, 11) is 0. The van der Waals surface area contributed by atoms with E-state index in [0.29, 0.717) is 5.92 Å². The zero-order valence-electron chi connectivity index (χ0n) is 11.6. The molecule has 4 heteroatoms. The van der Waals surface area contributed by atoms with Gasteiger partial charge in [0.15, 0.2) is 0 Å². The highest BCUT2D eigenvalue weighted by molar-refractivity contribution is 4.97. The summed E-state index contributed by atoms with van der Waals surface area (Å²) in [5.41, 5.74) is 0. The van der Waals surface area contributed by atoms with Crippen LogP contribution in [0.5, 0.6) is 0 Å². The van der Waals surface area contributed by atoms with Crippen LogP contribution in [0.3, 0.4) is 0 Å². The van der Waals surface area contributed by atoms with Gasteiger partial charge < -0.3 is 14.6 Å². The van der Waals surface area contributed by atoms with Crippen molar-refractivity contribution in [2.75, 3.05) is 26.3 Å². The Hall–Kier alpha value is -0.870. The molecule has 0 amide bonds. The summed E-state index contributed by atoms with van der Waals surface area (Å²) in [6, 6.07) is 0. The van der Waals surface area contributed by atoms with Crippen LogP contribution < -0.4 is 5.32 Å². The Kier molecular flexibility index (Phi) is 5.20. The standard InChI is InChI=1S/C14H25N3O/c1-12(2)14-16-6-8-17(14)7-3-5-15-10-13-4-9-18-11-13/h6,8,12-13,15H,3-5,7,9-11H2,1-2H3. The smallest absolute Gasteiger partial charge is 0.111 e. The fourth-order valence-corrected chi connectivity index (χ4v) is 2.44. The Labute approximate surface area is 110 Å². The summed E-state index contributed by atoms with van der Waals surface area (Å²) in [4.78, 5) is 4.40. The number of aryl methyl sites for hydroxylation is 1. The Morgan fingerprint density at radius 2 is 2.44 bits per heavy atom. The first-order chi connectivity index (χ1) is 8.77. The molecular formula is C14H25N3O. The van der Waals surface area contributed by atoms with Crippen molar-refractivity contribution in [1.82, 2.24) is 14.9 Å². The number of aromatic nitrogens is 2. The molecule has 1 aliphatic rings. The van der Waals surface area contributed by atoms with Crippen molar-refractivity contribution in [2.45, 2.75) is 39.2 Å². The van der Waals surface area contributed by atoms with Crippen molar-refractivity contribution in [3.63, 3.8) is 0 Å². The third kappa shape index (κ3) is 3.82. The number of nitrogens with one attached hydrogen (secondary N) is 1. The van der Waals surface area contributed by atoms with Gasteiger partial charge in [-0.3, -0.25) is 0 Å². The number of imidazole rings is 1. The van der Waals surface area contributed by atoms with E-state index in [1.165, 1.54) is 12.2 Å². The zero-order chi connectivity index (χ0) is 12.8. The molecule has 1 aromatic rings. The minimum atomic E-state index is 0.503. The Morgan fingerprint density at radius 1 is 1.56 bits per heavy atom. The van der Waals surface area contributed by atoms with E-state index >= 15 is 0 Å². The lowest BCUT2D eigenvalue weighted by Crippen LogP contribution is -2.24. The zero-order valence-corrected chi connectivity index (χ0v) is 11.6. The van der Waals surface area contributed by atoms with Crippen LogP contribution in [-0.2, 0) is 11.3 Å². The van der Waals surface area contributed by atoms with Gasteiger partial charge in [0, 0.05) is 38.0 Å². The molecule has 1 N–H and O–H groups in total. The fraction of sp³-hybridized carbons (Fsp3) is 0.786. The normalized spacial score (nSPS) is 19.8. The van der Waals surface area contributed by atoms with Crippen LogP contribution >= 0.6 is 0 Å². The summed E-state index contributed by atoms with van der Waals surface area (Å²) in [6.45, 7) is 9.49. The van der Waals surface area contributed by atoms with E-state index in [4.69, 9.17) is 4.74 Å². The topological polar surface area (TPSA) is 39.1 Å². The number of hydrogen-bond donors (Lipinski definition) is 1. The lowest BCUT2D eigenvalue weighted by atomic mass is 10.1. The van der Waals surface area contributed by atoms with Crippen LogP contribution in [0.15, 0.2) is 12.4 Å². The van der Waals surface area contributed by atoms with Crippen molar-refractivity contribution in [3.05, 3.63) is 18.2 Å². The first-order valence-electron chi connectivity index (χ1n) is 7.07. The van der Waals surface area contributed by atoms with Crippen LogP contribution in [0.2, 0.25) is 0 Å². The van der Waals surface area contributed by atoms with Gasteiger partial charge in [0.1, 0.15) is 5.82 Å². The monoisotopic (exact) mass is 251 g/mol. The Balaban J connectivity index is 1.61. The molecule has 0 radical (unpaired) electrons. The highest BCUT2D eigenvalue weighted by atomic mass is 16.5. The number of nitrogens with zero attached hydrogens (tertiary/aromatic N) is 2. The summed E-state index contributed by atoms with van der Waals surface area (Å²) < 4.78 is 7.63. The van der Waals surface area contributed by atoms with E-state index < -0.39 is 0 Å². The van der Waals surface area contributed by atoms with Gasteiger partial charge in [-0.1, -0.05) is 13.8 Å². The predicted molar refractivity (Wildman–Crippen MR) is 72.7 cm³/mol. The maximum Gasteiger partial charge on any atom is 0.111 e. The quantitative estimate of drug-likeness (QED) is 0.754. The molecule has 1 atom stereocenters. The maximum absolute atomic E-state index is 5.36. The summed E-state index contributed by atoms with van der Waals surface area (Å²) in [6.07, 6.45) is 6.36. The molecule has 1 aromatic heterocycles. The van der Waals surface area contributed by atoms with E-state index in [2.05, 4.69) is 34.9 Å². The van der Waals surface area contributed by atoms with Crippen molar-refractivity contribution < 1.29 is 4.74 Å². The Morgan fingerprint density at radius 3 is 3.17 bits per heavy atom. The molecule has 1 saturated heterocycles. The van der Waals surface area contributed by atoms with E-state index in [0.717, 1.165) is 45.2 Å². The molecule has 1 aliphatic heterocycles. The molecule has 2 rings (SSSR count). The second-order valence-electron chi connectivity index (χ2n) is 5.42. The molecule has 0 saturated carbocycles. The minimum Gasteiger partial charge on any atom is -0.381 e. The third-order valence-corrected chi connectivity index (χ3v) is 3.47. The fourth-order valence-electron chi connectivity index (χ4n) is 2.44. The maximum atomic E-state index is 5.36. The highest BCUT2D eigenvalue weighted by Gasteiger charge is 2.14. The van der Waals surface area contributed by atoms with Crippen LogP contribution in [0, 0.1) is 5.92 Å². The molecule has 0 aliphatic carbocycles. The van der Waals surface area contributed by atoms with Crippen LogP contribution in [-0.4, -0.2) is 35.9 Å². The molecule has 1 unspecified atom stereocenters. The summed E-state index contributed by atoms with van der Waals surface area (Å²) in [5, 5.41) is 3.52. The van der Waals surface area contributed by atoms with Crippen molar-refractivity contribution >= 4 is 0 Å². The number of rotatable bonds is 7. The van der Waals surface area contributed by atoms with Gasteiger partial charge in [-0.2, -0.15) is 0 Å². The highest BCUT2D eigenvalue weighted by Crippen LogP contribution is 2.12. The van der Waals surface area contributed by atoms with Gasteiger partial charge in [0.2, 0.25) is 0 Å². The summed E-state index contributed by atoms with van der Waals surface area (Å²) >= 11 is 0. The molecule has 2 heterocycles. The lowest BCUT2D eigenvalue weighted by Gasteiger charge is -2.12. The van der Waals surface area contributed by atoms with Crippen LogP contribution in [0.1, 0.15) is 38.4 Å². The van der Waals surface area contributed by atoms with Crippen molar-refractivity contribution in [2.24, 2.45) is 5.92 Å². The van der Waals surface area contributed by atoms with Crippen LogP contribution in [0.4, 0.5) is 0 Å². The Bertz CT molecular complexity index is 343. The first kappa shape index (κ1) is 13.6. The van der Waals surface area contributed by atoms with Crippen molar-refractivity contribution in [3.8, 4) is 0 Å². The third-order valence-electron chi connectivity index (χ3n) is 3.47. The molecule has 18 heavy (non-hydrogen) atoms. The van der Waals surface area contributed by atoms with E-state index in [-0.39, 0.29) is 0 Å². The molecule has 0 aromatic carbocycles. The largest absolute Gasteiger partial charge is 0.381 e. The second kappa shape index (κ2) is 6.90. The minimum absolute atomic E-state index is 0.503. The van der Waals surface area contributed by atoms with E-state index in [9.17, 15) is 0 Å². The first-order valence-corrected chi connectivity index (χ1v) is 7.07. The van der Waals surface area contributed by atoms with Crippen LogP contribution in [0.25, 0.3) is 0 Å². The summed E-state index contributed by atoms with van der Waals surface area (Å²) in [5.74, 6) is 2.42. The number of ether oxygens (including phenoxy) is 1. The molecule has 1 fully saturated rings. The molecule has 0 bridgehead atoms. The van der Waals surface area contributed by atoms with Gasteiger partial charge in [-0.15, -0.1) is 0 Å². The molecule has 4 nitrogen and oxygen atoms in total. The molecule has 0 spiro atoms. The van der Waals surface area contributed by atoms with Gasteiger partial charge in [0.05, 0.1) is 6.61 Å². The second-order valence-corrected chi connectivity index (χ2v) is 5.42. The SMILES string of the molecule is CC(C)c1nccn1CCCNCC1CCOC1. The van der Waals surface area contributed by atoms with E-state index in [1.807, 2.05) is 6.20 Å². The van der Waals surface area contributed by atoms with Gasteiger partial charge in [-0.05, 0) is 25.3 Å². The van der Waals surface area contributed by atoms with Crippen molar-refractivity contribution in [1.29, 1.82) is 0 Å². The van der Waals surface area contributed by atoms with Gasteiger partial charge >= 0.3 is 0 Å². The lowest BCUT2D eigenvalue weighted by molar-refractivity contribution is 0.185. The molecule has 102 valence electrons. The van der Waals surface area contributed by atoms with Gasteiger partial charge in [0.25, 0.3) is 0 Å². The van der Waals surface area contributed by atoms with E-state index in [1.54, 1.807) is 0 Å². The molecular weight excluding hydrogens is 226 g/mol. The average molecular weight is 251 g/mol. The predicted octanol–water partition coefficient (Wildman–Crippen LogP) is 2.02. The number of hydrogen-bond acceptors (Lipinski definition) is 3. The van der Waals surface area contributed by atoms with Gasteiger partial charge in [-0.25, -0.2) is 4.98 Å². The average Bonchev–Trinajstić information content (AvgIpc) is 2.98.